The van der Waals surface area contributed by atoms with Crippen molar-refractivity contribution in [2.45, 2.75) is 13.8 Å². The van der Waals surface area contributed by atoms with Crippen molar-refractivity contribution in [1.82, 2.24) is 15.2 Å². The Labute approximate surface area is 168 Å². The largest absolute Gasteiger partial charge is 0.494 e. The molecule has 0 radical (unpaired) electrons. The number of fused-ring (bicyclic) bond motifs is 1. The van der Waals surface area contributed by atoms with Gasteiger partial charge in [-0.25, -0.2) is 4.98 Å². The first kappa shape index (κ1) is 19.0. The number of amides is 1. The number of rotatable bonds is 5. The predicted octanol–water partition coefficient (Wildman–Crippen LogP) is 2.04. The number of thiazole rings is 1. The fourth-order valence-corrected chi connectivity index (χ4v) is 4.61. The molecule has 0 unspecified atom stereocenters. The molecule has 2 aliphatic heterocycles. The van der Waals surface area contributed by atoms with E-state index >= 15 is 0 Å². The van der Waals surface area contributed by atoms with Crippen molar-refractivity contribution < 1.29 is 14.3 Å². The number of hydrogen-bond acceptors (Lipinski definition) is 7. The van der Waals surface area contributed by atoms with E-state index in [4.69, 9.17) is 14.5 Å². The molecule has 1 aromatic carbocycles. The summed E-state index contributed by atoms with van der Waals surface area (Å²) in [4.78, 5) is 21.6. The van der Waals surface area contributed by atoms with Gasteiger partial charge in [-0.3, -0.25) is 9.69 Å². The molecule has 1 N–H and O–H groups in total. The van der Waals surface area contributed by atoms with E-state index in [0.29, 0.717) is 19.8 Å². The monoisotopic (exact) mass is 402 g/mol. The topological polar surface area (TPSA) is 66.9 Å². The highest BCUT2D eigenvalue weighted by Crippen LogP contribution is 2.33. The molecule has 0 atom stereocenters. The third-order valence-corrected chi connectivity index (χ3v) is 6.41. The second-order valence-corrected chi connectivity index (χ2v) is 8.14. The summed E-state index contributed by atoms with van der Waals surface area (Å²) in [6, 6.07) is 4.32. The summed E-state index contributed by atoms with van der Waals surface area (Å²) >= 11 is 1.79. The Morgan fingerprint density at radius 1 is 1.18 bits per heavy atom. The van der Waals surface area contributed by atoms with E-state index < -0.39 is 0 Å². The van der Waals surface area contributed by atoms with Crippen LogP contribution in [0.15, 0.2) is 24.2 Å². The Morgan fingerprint density at radius 2 is 1.96 bits per heavy atom. The average Bonchev–Trinajstić information content (AvgIpc) is 3.19. The van der Waals surface area contributed by atoms with Gasteiger partial charge < -0.3 is 19.7 Å². The van der Waals surface area contributed by atoms with Crippen molar-refractivity contribution in [1.29, 1.82) is 0 Å². The van der Waals surface area contributed by atoms with Crippen LogP contribution in [0.3, 0.4) is 0 Å². The molecular formula is C20H26N4O3S. The molecule has 8 heteroatoms. The molecule has 1 saturated heterocycles. The fourth-order valence-electron chi connectivity index (χ4n) is 3.45. The highest BCUT2D eigenvalue weighted by atomic mass is 32.1. The Kier molecular flexibility index (Phi) is 5.68. The number of aryl methyl sites for hydroxylation is 2. The van der Waals surface area contributed by atoms with E-state index in [2.05, 4.69) is 41.1 Å². The maximum Gasteiger partial charge on any atom is 0.289 e. The first-order chi connectivity index (χ1) is 13.6. The molecule has 0 aliphatic carbocycles. The van der Waals surface area contributed by atoms with E-state index in [1.54, 1.807) is 11.3 Å². The second-order valence-electron chi connectivity index (χ2n) is 7.16. The molecule has 0 saturated carbocycles. The van der Waals surface area contributed by atoms with E-state index in [0.717, 1.165) is 43.4 Å². The van der Waals surface area contributed by atoms with Gasteiger partial charge in [-0.15, -0.1) is 0 Å². The zero-order chi connectivity index (χ0) is 19.5. The summed E-state index contributed by atoms with van der Waals surface area (Å²) in [6.45, 7) is 10.4. The number of carbonyl (C=O) groups excluding carboxylic acids is 1. The lowest BCUT2D eigenvalue weighted by Gasteiger charge is -2.34. The van der Waals surface area contributed by atoms with Crippen LogP contribution in [0, 0.1) is 13.8 Å². The number of aromatic nitrogens is 1. The number of hydrogen-bond donors (Lipinski definition) is 1. The van der Waals surface area contributed by atoms with Gasteiger partial charge in [0.2, 0.25) is 5.76 Å². The van der Waals surface area contributed by atoms with Crippen molar-refractivity contribution in [2.75, 3.05) is 57.4 Å². The van der Waals surface area contributed by atoms with Gasteiger partial charge in [0, 0.05) is 39.3 Å². The lowest BCUT2D eigenvalue weighted by atomic mass is 10.1. The standard InChI is InChI=1S/C20H26N4O3S/c1-14-3-4-15(2)18-17(14)22-20(28-18)24-9-7-23(8-10-24)6-5-21-19(25)16-13-26-11-12-27-16/h3-4,13H,5-12H2,1-2H3,(H,21,25). The van der Waals surface area contributed by atoms with Crippen LogP contribution in [0.4, 0.5) is 5.13 Å². The molecule has 2 aliphatic rings. The summed E-state index contributed by atoms with van der Waals surface area (Å²) in [5, 5.41) is 4.01. The molecule has 2 aromatic rings. The van der Waals surface area contributed by atoms with Crippen molar-refractivity contribution in [3.8, 4) is 0 Å². The van der Waals surface area contributed by atoms with E-state index in [1.807, 2.05) is 0 Å². The highest BCUT2D eigenvalue weighted by molar-refractivity contribution is 7.22. The molecular weight excluding hydrogens is 376 g/mol. The van der Waals surface area contributed by atoms with Gasteiger partial charge in [-0.1, -0.05) is 23.5 Å². The Bertz CT molecular complexity index is 848. The van der Waals surface area contributed by atoms with Crippen molar-refractivity contribution >= 4 is 32.6 Å². The zero-order valence-corrected chi connectivity index (χ0v) is 17.2. The quantitative estimate of drug-likeness (QED) is 0.826. The van der Waals surface area contributed by atoms with E-state index in [1.165, 1.54) is 22.1 Å². The Morgan fingerprint density at radius 3 is 2.68 bits per heavy atom. The van der Waals surface area contributed by atoms with Crippen LogP contribution in [-0.4, -0.2) is 68.3 Å². The molecule has 0 bridgehead atoms. The van der Waals surface area contributed by atoms with Crippen LogP contribution in [0.2, 0.25) is 0 Å². The van der Waals surface area contributed by atoms with Gasteiger partial charge in [0.1, 0.15) is 19.5 Å². The average molecular weight is 403 g/mol. The highest BCUT2D eigenvalue weighted by Gasteiger charge is 2.21. The van der Waals surface area contributed by atoms with E-state index in [-0.39, 0.29) is 11.7 Å². The number of piperazine rings is 1. The molecule has 0 spiro atoms. The molecule has 1 amide bonds. The van der Waals surface area contributed by atoms with Crippen LogP contribution in [0.1, 0.15) is 11.1 Å². The number of nitrogens with one attached hydrogen (secondary N) is 1. The normalized spacial score (nSPS) is 17.8. The number of anilines is 1. The third kappa shape index (κ3) is 4.07. The smallest absolute Gasteiger partial charge is 0.289 e. The van der Waals surface area contributed by atoms with Gasteiger partial charge in [0.05, 0.1) is 10.2 Å². The maximum atomic E-state index is 12.0. The predicted molar refractivity (Wildman–Crippen MR) is 111 cm³/mol. The SMILES string of the molecule is Cc1ccc(C)c2sc(N3CCN(CCNC(=O)C4=COCCO4)CC3)nc12. The number of carbonyl (C=O) groups is 1. The lowest BCUT2D eigenvalue weighted by Crippen LogP contribution is -2.48. The Hall–Kier alpha value is -2.32. The fraction of sp³-hybridized carbons (Fsp3) is 0.500. The molecule has 1 fully saturated rings. The van der Waals surface area contributed by atoms with Crippen LogP contribution >= 0.6 is 11.3 Å². The van der Waals surface area contributed by atoms with Gasteiger partial charge in [0.15, 0.2) is 5.13 Å². The van der Waals surface area contributed by atoms with E-state index in [9.17, 15) is 4.79 Å². The lowest BCUT2D eigenvalue weighted by molar-refractivity contribution is -0.122. The van der Waals surface area contributed by atoms with Crippen LogP contribution in [0.25, 0.3) is 10.2 Å². The van der Waals surface area contributed by atoms with Gasteiger partial charge in [0.25, 0.3) is 5.91 Å². The summed E-state index contributed by atoms with van der Waals surface area (Å²) in [6.07, 6.45) is 1.39. The molecule has 3 heterocycles. The summed E-state index contributed by atoms with van der Waals surface area (Å²) in [5.74, 6) is 0.0519. The minimum absolute atomic E-state index is 0.210. The maximum absolute atomic E-state index is 12.0. The zero-order valence-electron chi connectivity index (χ0n) is 16.4. The molecule has 28 heavy (non-hydrogen) atoms. The third-order valence-electron chi connectivity index (χ3n) is 5.16. The summed E-state index contributed by atoms with van der Waals surface area (Å²) in [7, 11) is 0. The summed E-state index contributed by atoms with van der Waals surface area (Å²) < 4.78 is 11.7. The number of benzene rings is 1. The van der Waals surface area contributed by atoms with Crippen LogP contribution < -0.4 is 10.2 Å². The first-order valence-electron chi connectivity index (χ1n) is 9.68. The van der Waals surface area contributed by atoms with Crippen molar-refractivity contribution in [2.24, 2.45) is 0 Å². The van der Waals surface area contributed by atoms with Gasteiger partial charge in [-0.05, 0) is 25.0 Å². The molecule has 7 nitrogen and oxygen atoms in total. The first-order valence-corrected chi connectivity index (χ1v) is 10.5. The van der Waals surface area contributed by atoms with Gasteiger partial charge in [-0.2, -0.15) is 0 Å². The minimum Gasteiger partial charge on any atom is -0.494 e. The molecule has 1 aromatic heterocycles. The van der Waals surface area contributed by atoms with Gasteiger partial charge >= 0.3 is 0 Å². The minimum atomic E-state index is -0.210. The molecule has 4 rings (SSSR count). The van der Waals surface area contributed by atoms with Crippen LogP contribution in [0.5, 0.6) is 0 Å². The number of ether oxygens (including phenoxy) is 2. The summed E-state index contributed by atoms with van der Waals surface area (Å²) in [5.41, 5.74) is 3.66. The van der Waals surface area contributed by atoms with Crippen LogP contribution in [-0.2, 0) is 14.3 Å². The van der Waals surface area contributed by atoms with Crippen molar-refractivity contribution in [3.63, 3.8) is 0 Å². The Balaban J connectivity index is 1.27. The number of nitrogens with zero attached hydrogens (tertiary/aromatic N) is 3. The molecule has 150 valence electrons. The van der Waals surface area contributed by atoms with Crippen molar-refractivity contribution in [3.05, 3.63) is 35.3 Å². The second kappa shape index (κ2) is 8.36.